The van der Waals surface area contributed by atoms with E-state index in [1.54, 1.807) is 6.92 Å². The van der Waals surface area contributed by atoms with Gasteiger partial charge in [0.15, 0.2) is 0 Å². The standard InChI is InChI=1S/C4H8F2O.C2H6/c1-2-7-3-4(5)6;1-2/h4H,2-3H2,1H3;1-2H3. The summed E-state index contributed by atoms with van der Waals surface area (Å²) >= 11 is 0. The minimum absolute atomic E-state index is 0.365. The van der Waals surface area contributed by atoms with Crippen LogP contribution in [0.1, 0.15) is 20.8 Å². The van der Waals surface area contributed by atoms with Gasteiger partial charge in [-0.05, 0) is 6.92 Å². The zero-order chi connectivity index (χ0) is 7.70. The smallest absolute Gasteiger partial charge is 0.261 e. The van der Waals surface area contributed by atoms with E-state index in [0.29, 0.717) is 6.61 Å². The summed E-state index contributed by atoms with van der Waals surface area (Å²) < 4.78 is 26.5. The maximum atomic E-state index is 11.1. The number of ether oxygens (including phenoxy) is 1. The van der Waals surface area contributed by atoms with Crippen molar-refractivity contribution in [1.29, 1.82) is 0 Å². The molecule has 0 aromatic carbocycles. The van der Waals surface area contributed by atoms with Gasteiger partial charge in [-0.2, -0.15) is 0 Å². The highest BCUT2D eigenvalue weighted by molar-refractivity contribution is 4.29. The van der Waals surface area contributed by atoms with Gasteiger partial charge < -0.3 is 4.74 Å². The molecule has 0 fully saturated rings. The molecule has 0 aliphatic carbocycles. The van der Waals surface area contributed by atoms with E-state index in [4.69, 9.17) is 0 Å². The van der Waals surface area contributed by atoms with E-state index < -0.39 is 13.0 Å². The fourth-order valence-corrected chi connectivity index (χ4v) is 0.207. The third-order valence-corrected chi connectivity index (χ3v) is 0.448. The Balaban J connectivity index is 0. The van der Waals surface area contributed by atoms with E-state index >= 15 is 0 Å². The summed E-state index contributed by atoms with van der Waals surface area (Å²) in [7, 11) is 0. The van der Waals surface area contributed by atoms with Crippen LogP contribution in [-0.2, 0) is 4.74 Å². The Morgan fingerprint density at radius 1 is 1.33 bits per heavy atom. The first-order valence-corrected chi connectivity index (χ1v) is 3.13. The predicted molar refractivity (Wildman–Crippen MR) is 33.8 cm³/mol. The molecule has 1 nitrogen and oxygen atoms in total. The fraction of sp³-hybridized carbons (Fsp3) is 1.00. The van der Waals surface area contributed by atoms with E-state index in [2.05, 4.69) is 4.74 Å². The summed E-state index contributed by atoms with van der Waals surface area (Å²) in [5.74, 6) is 0. The van der Waals surface area contributed by atoms with Crippen molar-refractivity contribution < 1.29 is 13.5 Å². The second kappa shape index (κ2) is 10.7. The van der Waals surface area contributed by atoms with Crippen LogP contribution < -0.4 is 0 Å². The quantitative estimate of drug-likeness (QED) is 0.584. The van der Waals surface area contributed by atoms with Crippen LogP contribution in [0, 0.1) is 0 Å². The number of rotatable bonds is 3. The van der Waals surface area contributed by atoms with Gasteiger partial charge in [0.25, 0.3) is 6.43 Å². The molecule has 0 aromatic rings. The molecule has 0 unspecified atom stereocenters. The van der Waals surface area contributed by atoms with Crippen LogP contribution in [0.15, 0.2) is 0 Å². The lowest BCUT2D eigenvalue weighted by Gasteiger charge is -1.95. The summed E-state index contributed by atoms with van der Waals surface area (Å²) in [6.45, 7) is 5.61. The summed E-state index contributed by atoms with van der Waals surface area (Å²) in [6, 6.07) is 0. The van der Waals surface area contributed by atoms with E-state index in [0.717, 1.165) is 0 Å². The Kier molecular flexibility index (Phi) is 13.8. The van der Waals surface area contributed by atoms with Gasteiger partial charge in [0, 0.05) is 6.61 Å². The molecule has 0 bridgehead atoms. The van der Waals surface area contributed by atoms with Crippen molar-refractivity contribution in [3.63, 3.8) is 0 Å². The first kappa shape index (κ1) is 11.6. The van der Waals surface area contributed by atoms with Crippen LogP contribution in [0.4, 0.5) is 8.78 Å². The summed E-state index contributed by atoms with van der Waals surface area (Å²) in [5.41, 5.74) is 0. The van der Waals surface area contributed by atoms with E-state index in [-0.39, 0.29) is 0 Å². The maximum absolute atomic E-state index is 11.1. The molecular formula is C6H14F2O. The monoisotopic (exact) mass is 140 g/mol. The molecule has 0 saturated heterocycles. The van der Waals surface area contributed by atoms with Gasteiger partial charge >= 0.3 is 0 Å². The highest BCUT2D eigenvalue weighted by atomic mass is 19.3. The molecule has 0 aliphatic heterocycles. The first-order valence-electron chi connectivity index (χ1n) is 3.13. The van der Waals surface area contributed by atoms with Gasteiger partial charge in [-0.15, -0.1) is 0 Å². The molecule has 0 spiro atoms. The normalized spacial score (nSPS) is 8.67. The van der Waals surface area contributed by atoms with Gasteiger partial charge in [0.1, 0.15) is 6.61 Å². The molecule has 0 heterocycles. The number of halogens is 2. The fourth-order valence-electron chi connectivity index (χ4n) is 0.207. The number of alkyl halides is 2. The summed E-state index contributed by atoms with van der Waals surface area (Å²) in [6.07, 6.45) is -2.32. The van der Waals surface area contributed by atoms with Crippen molar-refractivity contribution in [2.75, 3.05) is 13.2 Å². The Morgan fingerprint density at radius 2 is 1.78 bits per heavy atom. The van der Waals surface area contributed by atoms with E-state index in [9.17, 15) is 8.78 Å². The van der Waals surface area contributed by atoms with Crippen molar-refractivity contribution in [1.82, 2.24) is 0 Å². The van der Waals surface area contributed by atoms with Gasteiger partial charge in [-0.1, -0.05) is 13.8 Å². The molecule has 0 aliphatic rings. The zero-order valence-electron chi connectivity index (χ0n) is 6.16. The van der Waals surface area contributed by atoms with Crippen LogP contribution >= 0.6 is 0 Å². The average Bonchev–Trinajstić information content (AvgIpc) is 1.88. The minimum atomic E-state index is -2.32. The van der Waals surface area contributed by atoms with Crippen LogP contribution in [0.3, 0.4) is 0 Å². The highest BCUT2D eigenvalue weighted by Crippen LogP contribution is 1.90. The number of hydrogen-bond donors (Lipinski definition) is 0. The second-order valence-corrected chi connectivity index (χ2v) is 1.05. The molecule has 58 valence electrons. The molecule has 0 rings (SSSR count). The topological polar surface area (TPSA) is 9.23 Å². The third-order valence-electron chi connectivity index (χ3n) is 0.448. The lowest BCUT2D eigenvalue weighted by atomic mass is 10.7. The molecule has 0 atom stereocenters. The molecule has 0 saturated carbocycles. The van der Waals surface area contributed by atoms with Crippen LogP contribution in [0.25, 0.3) is 0 Å². The third kappa shape index (κ3) is 18.2. The second-order valence-electron chi connectivity index (χ2n) is 1.05. The van der Waals surface area contributed by atoms with Crippen molar-refractivity contribution in [2.45, 2.75) is 27.2 Å². The predicted octanol–water partition coefficient (Wildman–Crippen LogP) is 2.31. The summed E-state index contributed by atoms with van der Waals surface area (Å²) in [4.78, 5) is 0. The first-order chi connectivity index (χ1) is 4.27. The van der Waals surface area contributed by atoms with Crippen LogP contribution in [-0.4, -0.2) is 19.6 Å². The van der Waals surface area contributed by atoms with Crippen molar-refractivity contribution in [3.05, 3.63) is 0 Å². The molecule has 9 heavy (non-hydrogen) atoms. The highest BCUT2D eigenvalue weighted by Gasteiger charge is 1.98. The number of hydrogen-bond acceptors (Lipinski definition) is 1. The van der Waals surface area contributed by atoms with Crippen molar-refractivity contribution in [2.24, 2.45) is 0 Å². The van der Waals surface area contributed by atoms with Crippen LogP contribution in [0.5, 0.6) is 0 Å². The Bertz CT molecular complexity index is 40.0. The lowest BCUT2D eigenvalue weighted by Crippen LogP contribution is -2.02. The Labute approximate surface area is 55.0 Å². The lowest BCUT2D eigenvalue weighted by molar-refractivity contribution is 0.0227. The Hall–Kier alpha value is -0.180. The molecule has 0 radical (unpaired) electrons. The van der Waals surface area contributed by atoms with E-state index in [1.807, 2.05) is 13.8 Å². The Morgan fingerprint density at radius 3 is 1.89 bits per heavy atom. The van der Waals surface area contributed by atoms with Crippen molar-refractivity contribution >= 4 is 0 Å². The largest absolute Gasteiger partial charge is 0.376 e. The van der Waals surface area contributed by atoms with Gasteiger partial charge in [0.05, 0.1) is 0 Å². The molecule has 3 heteroatoms. The minimum Gasteiger partial charge on any atom is -0.376 e. The zero-order valence-corrected chi connectivity index (χ0v) is 6.16. The van der Waals surface area contributed by atoms with E-state index in [1.165, 1.54) is 0 Å². The molecule has 0 aromatic heterocycles. The van der Waals surface area contributed by atoms with Gasteiger partial charge in [0.2, 0.25) is 0 Å². The van der Waals surface area contributed by atoms with Gasteiger partial charge in [-0.25, -0.2) is 8.78 Å². The SMILES string of the molecule is CC.CCOCC(F)F. The molecular weight excluding hydrogens is 126 g/mol. The molecule has 0 amide bonds. The average molecular weight is 140 g/mol. The van der Waals surface area contributed by atoms with Crippen LogP contribution in [0.2, 0.25) is 0 Å². The summed E-state index contributed by atoms with van der Waals surface area (Å²) in [5, 5.41) is 0. The van der Waals surface area contributed by atoms with Crippen molar-refractivity contribution in [3.8, 4) is 0 Å². The maximum Gasteiger partial charge on any atom is 0.261 e. The molecule has 0 N–H and O–H groups in total. The van der Waals surface area contributed by atoms with Gasteiger partial charge in [-0.3, -0.25) is 0 Å².